The molecule has 0 saturated heterocycles. The van der Waals surface area contributed by atoms with E-state index in [2.05, 4.69) is 20.6 Å². The van der Waals surface area contributed by atoms with Crippen molar-refractivity contribution >= 4 is 23.3 Å². The van der Waals surface area contributed by atoms with Crippen LogP contribution in [0.15, 0.2) is 60.9 Å². The van der Waals surface area contributed by atoms with Gasteiger partial charge < -0.3 is 14.8 Å². The highest BCUT2D eigenvalue weighted by Crippen LogP contribution is 2.24. The van der Waals surface area contributed by atoms with E-state index in [9.17, 15) is 4.79 Å². The van der Waals surface area contributed by atoms with E-state index in [0.717, 1.165) is 22.7 Å². The van der Waals surface area contributed by atoms with Crippen LogP contribution in [0.25, 0.3) is 11.3 Å². The summed E-state index contributed by atoms with van der Waals surface area (Å²) in [6.45, 7) is 5.46. The molecule has 0 aliphatic carbocycles. The number of nitrogens with zero attached hydrogens (tertiary/aromatic N) is 2. The van der Waals surface area contributed by atoms with E-state index in [-0.39, 0.29) is 0 Å². The molecule has 1 amide bonds. The SMILES string of the molecule is COc1ccc(-c2cc(Nc3ccc(NC(=O)OC(C)(C)C)cc3)ncn2)cc1. The molecule has 1 aromatic heterocycles. The molecule has 7 nitrogen and oxygen atoms in total. The fourth-order valence-electron chi connectivity index (χ4n) is 2.55. The van der Waals surface area contributed by atoms with E-state index < -0.39 is 11.7 Å². The summed E-state index contributed by atoms with van der Waals surface area (Å²) in [6.07, 6.45) is 1.03. The lowest BCUT2D eigenvalue weighted by Gasteiger charge is -2.19. The van der Waals surface area contributed by atoms with Gasteiger partial charge in [0, 0.05) is 23.0 Å². The summed E-state index contributed by atoms with van der Waals surface area (Å²) in [6, 6.07) is 16.8. The molecule has 0 saturated carbocycles. The Hall–Kier alpha value is -3.61. The minimum atomic E-state index is -0.541. The molecule has 1 heterocycles. The number of methoxy groups -OCH3 is 1. The predicted molar refractivity (Wildman–Crippen MR) is 114 cm³/mol. The molecule has 0 aliphatic rings. The Balaban J connectivity index is 1.66. The molecule has 0 aliphatic heterocycles. The van der Waals surface area contributed by atoms with Crippen LogP contribution < -0.4 is 15.4 Å². The zero-order chi connectivity index (χ0) is 20.9. The summed E-state index contributed by atoms with van der Waals surface area (Å²) in [5.41, 5.74) is 2.70. The van der Waals surface area contributed by atoms with E-state index in [1.54, 1.807) is 19.2 Å². The Kier molecular flexibility index (Phi) is 5.97. The summed E-state index contributed by atoms with van der Waals surface area (Å²) in [5.74, 6) is 1.46. The average molecular weight is 392 g/mol. The van der Waals surface area contributed by atoms with E-state index in [1.807, 2.05) is 63.2 Å². The standard InChI is InChI=1S/C22H24N4O3/c1-22(2,3)29-21(27)26-17-9-7-16(8-10-17)25-20-13-19(23-14-24-20)15-5-11-18(28-4)12-6-15/h5-14H,1-4H3,(H,26,27)(H,23,24,25). The van der Waals surface area contributed by atoms with Crippen LogP contribution in [0.3, 0.4) is 0 Å². The number of carbonyl (C=O) groups excluding carboxylic acids is 1. The second kappa shape index (κ2) is 8.60. The maximum Gasteiger partial charge on any atom is 0.412 e. The molecule has 2 N–H and O–H groups in total. The first-order valence-electron chi connectivity index (χ1n) is 9.16. The summed E-state index contributed by atoms with van der Waals surface area (Å²) in [4.78, 5) is 20.4. The number of amides is 1. The number of aromatic nitrogens is 2. The molecule has 150 valence electrons. The highest BCUT2D eigenvalue weighted by atomic mass is 16.6. The predicted octanol–water partition coefficient (Wildman–Crippen LogP) is 5.24. The number of hydrogen-bond acceptors (Lipinski definition) is 6. The van der Waals surface area contributed by atoms with Crippen LogP contribution in [0.4, 0.5) is 22.0 Å². The Morgan fingerprint density at radius 2 is 1.59 bits per heavy atom. The first kappa shape index (κ1) is 20.1. The number of ether oxygens (including phenoxy) is 2. The van der Waals surface area contributed by atoms with Crippen molar-refractivity contribution in [3.63, 3.8) is 0 Å². The highest BCUT2D eigenvalue weighted by molar-refractivity contribution is 5.85. The number of rotatable bonds is 5. The van der Waals surface area contributed by atoms with E-state index in [4.69, 9.17) is 9.47 Å². The van der Waals surface area contributed by atoms with Crippen molar-refractivity contribution in [3.05, 3.63) is 60.9 Å². The van der Waals surface area contributed by atoms with Gasteiger partial charge in [-0.15, -0.1) is 0 Å². The maximum atomic E-state index is 11.8. The van der Waals surface area contributed by atoms with Crippen LogP contribution in [0.1, 0.15) is 20.8 Å². The first-order chi connectivity index (χ1) is 13.8. The normalized spacial score (nSPS) is 10.9. The van der Waals surface area contributed by atoms with Crippen LogP contribution in [0.2, 0.25) is 0 Å². The van der Waals surface area contributed by atoms with Gasteiger partial charge in [0.1, 0.15) is 23.5 Å². The molecule has 0 atom stereocenters. The van der Waals surface area contributed by atoms with Gasteiger partial charge in [-0.25, -0.2) is 14.8 Å². The van der Waals surface area contributed by atoms with Crippen molar-refractivity contribution < 1.29 is 14.3 Å². The molecular formula is C22H24N4O3. The van der Waals surface area contributed by atoms with Crippen LogP contribution >= 0.6 is 0 Å². The average Bonchev–Trinajstić information content (AvgIpc) is 2.68. The molecule has 0 spiro atoms. The fraction of sp³-hybridized carbons (Fsp3) is 0.227. The van der Waals surface area contributed by atoms with Gasteiger partial charge in [-0.1, -0.05) is 0 Å². The van der Waals surface area contributed by atoms with Crippen molar-refractivity contribution in [2.45, 2.75) is 26.4 Å². The lowest BCUT2D eigenvalue weighted by molar-refractivity contribution is 0.0636. The third kappa shape index (κ3) is 5.93. The molecule has 0 fully saturated rings. The molecule has 2 aromatic carbocycles. The monoisotopic (exact) mass is 392 g/mol. The van der Waals surface area contributed by atoms with Crippen LogP contribution in [0, 0.1) is 0 Å². The van der Waals surface area contributed by atoms with Gasteiger partial charge in [0.2, 0.25) is 0 Å². The molecule has 3 aromatic rings. The maximum absolute atomic E-state index is 11.8. The van der Waals surface area contributed by atoms with E-state index >= 15 is 0 Å². The highest BCUT2D eigenvalue weighted by Gasteiger charge is 2.16. The first-order valence-corrected chi connectivity index (χ1v) is 9.16. The number of nitrogens with one attached hydrogen (secondary N) is 2. The number of benzene rings is 2. The lowest BCUT2D eigenvalue weighted by Crippen LogP contribution is -2.27. The number of carbonyl (C=O) groups is 1. The van der Waals surface area contributed by atoms with Gasteiger partial charge in [0.05, 0.1) is 12.8 Å². The zero-order valence-corrected chi connectivity index (χ0v) is 16.9. The molecule has 29 heavy (non-hydrogen) atoms. The minimum Gasteiger partial charge on any atom is -0.497 e. The Morgan fingerprint density at radius 3 is 2.21 bits per heavy atom. The topological polar surface area (TPSA) is 85.4 Å². The molecular weight excluding hydrogens is 368 g/mol. The van der Waals surface area contributed by atoms with Crippen LogP contribution in [-0.4, -0.2) is 28.8 Å². The third-order valence-electron chi connectivity index (χ3n) is 3.86. The summed E-state index contributed by atoms with van der Waals surface area (Å²) < 4.78 is 10.4. The van der Waals surface area contributed by atoms with Crippen LogP contribution in [-0.2, 0) is 4.74 Å². The zero-order valence-electron chi connectivity index (χ0n) is 16.9. The Bertz CT molecular complexity index is 965. The quantitative estimate of drug-likeness (QED) is 0.617. The van der Waals surface area contributed by atoms with Gasteiger partial charge in [0.15, 0.2) is 0 Å². The summed E-state index contributed by atoms with van der Waals surface area (Å²) >= 11 is 0. The number of hydrogen-bond donors (Lipinski definition) is 2. The van der Waals surface area contributed by atoms with E-state index in [0.29, 0.717) is 11.5 Å². The molecule has 7 heteroatoms. The molecule has 0 radical (unpaired) electrons. The van der Waals surface area contributed by atoms with Gasteiger partial charge in [-0.2, -0.15) is 0 Å². The Labute approximate surface area is 170 Å². The molecule has 0 bridgehead atoms. The lowest BCUT2D eigenvalue weighted by atomic mass is 10.1. The summed E-state index contributed by atoms with van der Waals surface area (Å²) in [5, 5.41) is 5.94. The van der Waals surface area contributed by atoms with Crippen molar-refractivity contribution in [2.24, 2.45) is 0 Å². The molecule has 0 unspecified atom stereocenters. The van der Waals surface area contributed by atoms with Crippen LogP contribution in [0.5, 0.6) is 5.75 Å². The minimum absolute atomic E-state index is 0.488. The van der Waals surface area contributed by atoms with Crippen molar-refractivity contribution in [2.75, 3.05) is 17.7 Å². The number of anilines is 3. The van der Waals surface area contributed by atoms with Crippen molar-refractivity contribution in [1.82, 2.24) is 9.97 Å². The summed E-state index contributed by atoms with van der Waals surface area (Å²) in [7, 11) is 1.63. The smallest absolute Gasteiger partial charge is 0.412 e. The second-order valence-corrected chi connectivity index (χ2v) is 7.35. The van der Waals surface area contributed by atoms with Gasteiger partial charge in [-0.3, -0.25) is 5.32 Å². The van der Waals surface area contributed by atoms with Crippen molar-refractivity contribution in [3.8, 4) is 17.0 Å². The molecule has 3 rings (SSSR count). The largest absolute Gasteiger partial charge is 0.497 e. The second-order valence-electron chi connectivity index (χ2n) is 7.35. The van der Waals surface area contributed by atoms with Gasteiger partial charge >= 0.3 is 6.09 Å². The Morgan fingerprint density at radius 1 is 0.931 bits per heavy atom. The van der Waals surface area contributed by atoms with Crippen molar-refractivity contribution in [1.29, 1.82) is 0 Å². The van der Waals surface area contributed by atoms with E-state index in [1.165, 1.54) is 6.33 Å². The van der Waals surface area contributed by atoms with Gasteiger partial charge in [-0.05, 0) is 69.3 Å². The van der Waals surface area contributed by atoms with Gasteiger partial charge in [0.25, 0.3) is 0 Å². The third-order valence-corrected chi connectivity index (χ3v) is 3.86. The fourth-order valence-corrected chi connectivity index (χ4v) is 2.55.